The molecule has 0 aromatic heterocycles. The second kappa shape index (κ2) is 8.25. The van der Waals surface area contributed by atoms with Crippen LogP contribution in [0.3, 0.4) is 0 Å². The van der Waals surface area contributed by atoms with Gasteiger partial charge in [-0.2, -0.15) is 10.5 Å². The van der Waals surface area contributed by atoms with E-state index in [1.54, 1.807) is 17.8 Å². The largest absolute Gasteiger partial charge is 0.192 e. The van der Waals surface area contributed by atoms with Gasteiger partial charge in [-0.25, -0.2) is 0 Å². The normalized spacial score (nSPS) is 10.5. The molecule has 0 saturated carbocycles. The summed E-state index contributed by atoms with van der Waals surface area (Å²) in [5, 5.41) is 18.4. The van der Waals surface area contributed by atoms with Crippen molar-refractivity contribution in [2.24, 2.45) is 0 Å². The van der Waals surface area contributed by atoms with Crippen molar-refractivity contribution in [2.45, 2.75) is 11.8 Å². The van der Waals surface area contributed by atoms with E-state index in [2.05, 4.69) is 0 Å². The van der Waals surface area contributed by atoms with Crippen molar-refractivity contribution in [1.82, 2.24) is 0 Å². The van der Waals surface area contributed by atoms with Gasteiger partial charge in [-0.3, -0.25) is 0 Å². The molecule has 0 heterocycles. The molecule has 0 fully saturated rings. The Labute approximate surface area is 145 Å². The lowest BCUT2D eigenvalue weighted by Crippen LogP contribution is -1.82. The highest BCUT2D eigenvalue weighted by atomic mass is 35.5. The second-order valence-electron chi connectivity index (χ2n) is 4.76. The van der Waals surface area contributed by atoms with Gasteiger partial charge in [0, 0.05) is 14.8 Å². The number of benzene rings is 2. The zero-order chi connectivity index (χ0) is 16.7. The van der Waals surface area contributed by atoms with Crippen LogP contribution in [0.2, 0.25) is 5.02 Å². The van der Waals surface area contributed by atoms with Gasteiger partial charge in [0.2, 0.25) is 0 Å². The number of aryl methyl sites for hydroxylation is 1. The molecule has 0 aliphatic carbocycles. The molecule has 0 bridgehead atoms. The maximum absolute atomic E-state index is 8.87. The summed E-state index contributed by atoms with van der Waals surface area (Å²) in [6, 6.07) is 19.4. The number of nitriles is 2. The highest BCUT2D eigenvalue weighted by Gasteiger charge is 2.04. The van der Waals surface area contributed by atoms with Gasteiger partial charge in [0.1, 0.15) is 17.7 Å². The monoisotopic (exact) mass is 336 g/mol. The van der Waals surface area contributed by atoms with Gasteiger partial charge >= 0.3 is 0 Å². The Morgan fingerprint density at radius 3 is 2.13 bits per heavy atom. The molecule has 2 rings (SSSR count). The van der Waals surface area contributed by atoms with Crippen molar-refractivity contribution in [3.8, 4) is 12.1 Å². The van der Waals surface area contributed by atoms with Gasteiger partial charge in [0.25, 0.3) is 0 Å². The third-order valence-electron chi connectivity index (χ3n) is 3.02. The van der Waals surface area contributed by atoms with Crippen LogP contribution in [-0.2, 0) is 0 Å². The summed E-state index contributed by atoms with van der Waals surface area (Å²) in [5.74, 6) is 0. The number of nitrogens with zero attached hydrogens (tertiary/aromatic N) is 2. The summed E-state index contributed by atoms with van der Waals surface area (Å²) in [4.78, 5) is 1.99. The molecule has 0 N–H and O–H groups in total. The minimum Gasteiger partial charge on any atom is -0.192 e. The van der Waals surface area contributed by atoms with E-state index in [1.807, 2.05) is 67.6 Å². The van der Waals surface area contributed by atoms with Gasteiger partial charge < -0.3 is 0 Å². The Balaban J connectivity index is 2.39. The lowest BCUT2D eigenvalue weighted by molar-refractivity contribution is 1.45. The minimum absolute atomic E-state index is 0.0753. The average Bonchev–Trinajstić information content (AvgIpc) is 2.57. The van der Waals surface area contributed by atoms with Crippen LogP contribution in [0.25, 0.3) is 4.91 Å². The van der Waals surface area contributed by atoms with Crippen molar-refractivity contribution in [3.05, 3.63) is 82.4 Å². The van der Waals surface area contributed by atoms with E-state index in [9.17, 15) is 0 Å². The molecule has 2 nitrogen and oxygen atoms in total. The highest BCUT2D eigenvalue weighted by Crippen LogP contribution is 2.35. The summed E-state index contributed by atoms with van der Waals surface area (Å²) in [7, 11) is 0. The lowest BCUT2D eigenvalue weighted by atomic mass is 10.1. The summed E-state index contributed by atoms with van der Waals surface area (Å²) < 4.78 is 0. The first-order valence-electron chi connectivity index (χ1n) is 6.85. The Morgan fingerprint density at radius 2 is 1.57 bits per heavy atom. The second-order valence-corrected chi connectivity index (χ2v) is 6.31. The number of halogens is 1. The van der Waals surface area contributed by atoms with Crippen molar-refractivity contribution in [1.29, 1.82) is 10.5 Å². The molecule has 0 unspecified atom stereocenters. The van der Waals surface area contributed by atoms with Gasteiger partial charge in [-0.05, 0) is 48.9 Å². The van der Waals surface area contributed by atoms with E-state index < -0.39 is 0 Å². The van der Waals surface area contributed by atoms with Crippen LogP contribution in [-0.4, -0.2) is 0 Å². The predicted octanol–water partition coefficient (Wildman–Crippen LogP) is 5.76. The number of hydrogen-bond acceptors (Lipinski definition) is 3. The standard InChI is InChI=1S/C19H13ClN2S/c1-14-2-5-16(6-3-14)19(11-4-15(12-21)13-22)23-18-9-7-17(20)8-10-18/h2-11H,1H3. The van der Waals surface area contributed by atoms with Gasteiger partial charge in [0.15, 0.2) is 0 Å². The first-order chi connectivity index (χ1) is 11.1. The number of thioether (sulfide) groups is 1. The molecule has 4 heteroatoms. The van der Waals surface area contributed by atoms with E-state index >= 15 is 0 Å². The quantitative estimate of drug-likeness (QED) is 0.405. The summed E-state index contributed by atoms with van der Waals surface area (Å²) >= 11 is 7.48. The van der Waals surface area contributed by atoms with Crippen LogP contribution in [0.1, 0.15) is 11.1 Å². The lowest BCUT2D eigenvalue weighted by Gasteiger charge is -2.08. The molecule has 0 aliphatic heterocycles. The molecule has 0 atom stereocenters. The predicted molar refractivity (Wildman–Crippen MR) is 95.8 cm³/mol. The first-order valence-corrected chi connectivity index (χ1v) is 8.04. The Hall–Kier alpha value is -2.46. The van der Waals surface area contributed by atoms with Crippen molar-refractivity contribution in [3.63, 3.8) is 0 Å². The molecular formula is C19H13ClN2S. The van der Waals surface area contributed by atoms with E-state index in [0.717, 1.165) is 15.4 Å². The fourth-order valence-corrected chi connectivity index (χ4v) is 2.84. The van der Waals surface area contributed by atoms with Gasteiger partial charge in [0.05, 0.1) is 0 Å². The molecule has 2 aromatic carbocycles. The number of allylic oxidation sites excluding steroid dienone is 3. The molecule has 0 radical (unpaired) electrons. The smallest absolute Gasteiger partial charge is 0.129 e. The zero-order valence-corrected chi connectivity index (χ0v) is 14.0. The maximum Gasteiger partial charge on any atom is 0.129 e. The van der Waals surface area contributed by atoms with Crippen molar-refractivity contribution in [2.75, 3.05) is 0 Å². The highest BCUT2D eigenvalue weighted by molar-refractivity contribution is 8.08. The molecule has 0 spiro atoms. The fourth-order valence-electron chi connectivity index (χ4n) is 1.80. The van der Waals surface area contributed by atoms with Crippen LogP contribution in [0.15, 0.2) is 71.2 Å². The maximum atomic E-state index is 8.87. The number of hydrogen-bond donors (Lipinski definition) is 0. The van der Waals surface area contributed by atoms with E-state index in [-0.39, 0.29) is 5.57 Å². The molecule has 112 valence electrons. The average molecular weight is 337 g/mol. The third-order valence-corrected chi connectivity index (χ3v) is 4.37. The van der Waals surface area contributed by atoms with Crippen LogP contribution >= 0.6 is 23.4 Å². The summed E-state index contributed by atoms with van der Waals surface area (Å²) in [5.41, 5.74) is 2.28. The molecule has 0 saturated heterocycles. The van der Waals surface area contributed by atoms with Crippen LogP contribution in [0, 0.1) is 29.6 Å². The number of rotatable bonds is 4. The van der Waals surface area contributed by atoms with Crippen molar-refractivity contribution >= 4 is 28.3 Å². The fraction of sp³-hybridized carbons (Fsp3) is 0.0526. The van der Waals surface area contributed by atoms with Gasteiger partial charge in [-0.1, -0.05) is 53.2 Å². The van der Waals surface area contributed by atoms with E-state index in [4.69, 9.17) is 22.1 Å². The first kappa shape index (κ1) is 16.9. The molecule has 0 amide bonds. The minimum atomic E-state index is 0.0753. The Morgan fingerprint density at radius 1 is 0.957 bits per heavy atom. The summed E-state index contributed by atoms with van der Waals surface area (Å²) in [6.07, 6.45) is 3.34. The zero-order valence-electron chi connectivity index (χ0n) is 12.5. The Kier molecular flexibility index (Phi) is 6.06. The van der Waals surface area contributed by atoms with Crippen molar-refractivity contribution < 1.29 is 0 Å². The summed E-state index contributed by atoms with van der Waals surface area (Å²) in [6.45, 7) is 2.03. The molecule has 2 aromatic rings. The molecule has 0 aliphatic rings. The molecular weight excluding hydrogens is 324 g/mol. The van der Waals surface area contributed by atoms with Crippen LogP contribution < -0.4 is 0 Å². The van der Waals surface area contributed by atoms with Crippen LogP contribution in [0.4, 0.5) is 0 Å². The third kappa shape index (κ3) is 5.04. The van der Waals surface area contributed by atoms with Gasteiger partial charge in [-0.15, -0.1) is 0 Å². The Bertz CT molecular complexity index is 804. The topological polar surface area (TPSA) is 47.6 Å². The van der Waals surface area contributed by atoms with E-state index in [0.29, 0.717) is 5.02 Å². The SMILES string of the molecule is Cc1ccc(C(=CC=C(C#N)C#N)Sc2ccc(Cl)cc2)cc1. The van der Waals surface area contributed by atoms with E-state index in [1.165, 1.54) is 11.6 Å². The van der Waals surface area contributed by atoms with Crippen LogP contribution in [0.5, 0.6) is 0 Å². The molecule has 23 heavy (non-hydrogen) atoms.